The van der Waals surface area contributed by atoms with Gasteiger partial charge in [-0.15, -0.1) is 11.8 Å². The molecule has 0 spiro atoms. The Morgan fingerprint density at radius 3 is 2.60 bits per heavy atom. The topological polar surface area (TPSA) is 49.4 Å². The number of carbonyl (C=O) groups is 2. The molecule has 0 bridgehead atoms. The van der Waals surface area contributed by atoms with Crippen LogP contribution in [0.2, 0.25) is 0 Å². The molecule has 0 radical (unpaired) electrons. The number of hydrogen-bond donors (Lipinski definition) is 1. The molecule has 0 saturated carbocycles. The molecule has 0 unspecified atom stereocenters. The number of benzene rings is 3. The highest BCUT2D eigenvalue weighted by Crippen LogP contribution is 2.42. The van der Waals surface area contributed by atoms with Crippen molar-refractivity contribution in [2.75, 3.05) is 16.0 Å². The van der Waals surface area contributed by atoms with Gasteiger partial charge < -0.3 is 5.32 Å². The van der Waals surface area contributed by atoms with Crippen LogP contribution in [0.25, 0.3) is 0 Å². The van der Waals surface area contributed by atoms with Gasteiger partial charge in [-0.05, 0) is 60.9 Å². The van der Waals surface area contributed by atoms with Gasteiger partial charge in [-0.3, -0.25) is 14.5 Å². The fraction of sp³-hybridized carbons (Fsp3) is 0.200. The first-order valence-corrected chi connectivity index (χ1v) is 11.1. The molecule has 1 heterocycles. The van der Waals surface area contributed by atoms with Crippen LogP contribution in [0.1, 0.15) is 39.3 Å². The SMILES string of the molecule is CCc1cccc(N2C(=O)CS[C@H]2c2cccc(NC(=O)c3ccc(C)cc3)c2)c1. The zero-order valence-corrected chi connectivity index (χ0v) is 17.9. The minimum Gasteiger partial charge on any atom is -0.322 e. The first kappa shape index (κ1) is 20.2. The third-order valence-electron chi connectivity index (χ3n) is 5.21. The van der Waals surface area contributed by atoms with Gasteiger partial charge in [-0.25, -0.2) is 0 Å². The van der Waals surface area contributed by atoms with E-state index in [4.69, 9.17) is 0 Å². The van der Waals surface area contributed by atoms with E-state index in [2.05, 4.69) is 24.4 Å². The van der Waals surface area contributed by atoms with Crippen LogP contribution in [0.15, 0.2) is 72.8 Å². The summed E-state index contributed by atoms with van der Waals surface area (Å²) in [5, 5.41) is 2.86. The molecule has 3 aromatic rings. The van der Waals surface area contributed by atoms with Crippen LogP contribution in [0, 0.1) is 6.92 Å². The average Bonchev–Trinajstić information content (AvgIpc) is 3.16. The second-order valence-electron chi connectivity index (χ2n) is 7.40. The van der Waals surface area contributed by atoms with Crippen LogP contribution in [0.5, 0.6) is 0 Å². The predicted molar refractivity (Wildman–Crippen MR) is 124 cm³/mol. The molecule has 1 aliphatic heterocycles. The molecule has 30 heavy (non-hydrogen) atoms. The average molecular weight is 417 g/mol. The molecule has 1 aliphatic rings. The highest BCUT2D eigenvalue weighted by atomic mass is 32.2. The van der Waals surface area contributed by atoms with E-state index >= 15 is 0 Å². The van der Waals surface area contributed by atoms with Crippen LogP contribution in [-0.2, 0) is 11.2 Å². The first-order valence-electron chi connectivity index (χ1n) is 10.1. The van der Waals surface area contributed by atoms with E-state index in [0.29, 0.717) is 11.3 Å². The number of rotatable bonds is 5. The Balaban J connectivity index is 1.58. The third kappa shape index (κ3) is 4.26. The molecule has 2 amide bonds. The van der Waals surface area contributed by atoms with E-state index in [1.165, 1.54) is 5.56 Å². The smallest absolute Gasteiger partial charge is 0.255 e. The molecular weight excluding hydrogens is 392 g/mol. The molecule has 1 N–H and O–H groups in total. The van der Waals surface area contributed by atoms with Gasteiger partial charge in [0.05, 0.1) is 5.75 Å². The second-order valence-corrected chi connectivity index (χ2v) is 8.46. The molecular formula is C25H24N2O2S. The van der Waals surface area contributed by atoms with Gasteiger partial charge in [-0.1, -0.05) is 48.9 Å². The van der Waals surface area contributed by atoms with Gasteiger partial charge >= 0.3 is 0 Å². The number of nitrogens with one attached hydrogen (secondary N) is 1. The molecule has 4 rings (SSSR count). The monoisotopic (exact) mass is 416 g/mol. The summed E-state index contributed by atoms with van der Waals surface area (Å²) in [4.78, 5) is 27.1. The largest absolute Gasteiger partial charge is 0.322 e. The van der Waals surface area contributed by atoms with E-state index < -0.39 is 0 Å². The van der Waals surface area contributed by atoms with Gasteiger partial charge in [-0.2, -0.15) is 0 Å². The highest BCUT2D eigenvalue weighted by molar-refractivity contribution is 8.00. The lowest BCUT2D eigenvalue weighted by Gasteiger charge is -2.25. The highest BCUT2D eigenvalue weighted by Gasteiger charge is 2.34. The van der Waals surface area contributed by atoms with E-state index in [0.717, 1.165) is 28.9 Å². The van der Waals surface area contributed by atoms with Gasteiger partial charge in [0.25, 0.3) is 5.91 Å². The van der Waals surface area contributed by atoms with Crippen molar-refractivity contribution in [3.8, 4) is 0 Å². The normalized spacial score (nSPS) is 16.0. The minimum absolute atomic E-state index is 0.104. The molecule has 4 nitrogen and oxygen atoms in total. The Morgan fingerprint density at radius 2 is 1.83 bits per heavy atom. The van der Waals surface area contributed by atoms with Crippen molar-refractivity contribution in [3.05, 3.63) is 95.1 Å². The summed E-state index contributed by atoms with van der Waals surface area (Å²) in [5.74, 6) is 0.406. The van der Waals surface area contributed by atoms with E-state index in [1.807, 2.05) is 72.5 Å². The molecule has 5 heteroatoms. The van der Waals surface area contributed by atoms with Crippen molar-refractivity contribution in [1.29, 1.82) is 0 Å². The Hall–Kier alpha value is -3.05. The van der Waals surface area contributed by atoms with Crippen molar-refractivity contribution in [2.24, 2.45) is 0 Å². The van der Waals surface area contributed by atoms with Crippen molar-refractivity contribution in [2.45, 2.75) is 25.6 Å². The van der Waals surface area contributed by atoms with Gasteiger partial charge in [0.15, 0.2) is 0 Å². The van der Waals surface area contributed by atoms with E-state index in [9.17, 15) is 9.59 Å². The lowest BCUT2D eigenvalue weighted by Crippen LogP contribution is -2.28. The standard InChI is InChI=1S/C25H24N2O2S/c1-3-18-6-4-9-22(14-18)27-23(28)16-30-25(27)20-7-5-8-21(15-20)26-24(29)19-12-10-17(2)11-13-19/h4-15,25H,3,16H2,1-2H3,(H,26,29)/t25-/m0/s1. The summed E-state index contributed by atoms with van der Waals surface area (Å²) in [6.07, 6.45) is 0.925. The van der Waals surface area contributed by atoms with Crippen molar-refractivity contribution < 1.29 is 9.59 Å². The zero-order valence-electron chi connectivity index (χ0n) is 17.1. The van der Waals surface area contributed by atoms with Gasteiger partial charge in [0.2, 0.25) is 5.91 Å². The molecule has 0 aliphatic carbocycles. The number of hydrogen-bond acceptors (Lipinski definition) is 3. The minimum atomic E-state index is -0.144. The van der Waals surface area contributed by atoms with Crippen LogP contribution >= 0.6 is 11.8 Å². The number of carbonyl (C=O) groups excluding carboxylic acids is 2. The second kappa shape index (κ2) is 8.76. The number of thioether (sulfide) groups is 1. The van der Waals surface area contributed by atoms with Crippen molar-refractivity contribution in [3.63, 3.8) is 0 Å². The summed E-state index contributed by atoms with van der Waals surface area (Å²) in [7, 11) is 0. The fourth-order valence-corrected chi connectivity index (χ4v) is 4.72. The van der Waals surface area contributed by atoms with Gasteiger partial charge in [0, 0.05) is 16.9 Å². The number of anilines is 2. The maximum absolute atomic E-state index is 12.7. The van der Waals surface area contributed by atoms with Crippen LogP contribution < -0.4 is 10.2 Å². The summed E-state index contributed by atoms with van der Waals surface area (Å²) in [6, 6.07) is 23.4. The van der Waals surface area contributed by atoms with Crippen LogP contribution in [-0.4, -0.2) is 17.6 Å². The Labute approximate surface area is 181 Å². The molecule has 1 fully saturated rings. The summed E-state index contributed by atoms with van der Waals surface area (Å²) >= 11 is 1.61. The first-order chi connectivity index (χ1) is 14.5. The molecule has 1 saturated heterocycles. The molecule has 152 valence electrons. The fourth-order valence-electron chi connectivity index (χ4n) is 3.55. The molecule has 1 atom stereocenters. The summed E-state index contributed by atoms with van der Waals surface area (Å²) < 4.78 is 0. The van der Waals surface area contributed by atoms with Crippen molar-refractivity contribution in [1.82, 2.24) is 0 Å². The quantitative estimate of drug-likeness (QED) is 0.590. The predicted octanol–water partition coefficient (Wildman–Crippen LogP) is 5.59. The van der Waals surface area contributed by atoms with E-state index in [-0.39, 0.29) is 17.2 Å². The maximum atomic E-state index is 12.7. The lowest BCUT2D eigenvalue weighted by molar-refractivity contribution is -0.115. The summed E-state index contributed by atoms with van der Waals surface area (Å²) in [5.41, 5.74) is 5.58. The lowest BCUT2D eigenvalue weighted by atomic mass is 10.1. The number of aryl methyl sites for hydroxylation is 2. The Kier molecular flexibility index (Phi) is 5.91. The zero-order chi connectivity index (χ0) is 21.1. The summed E-state index contributed by atoms with van der Waals surface area (Å²) in [6.45, 7) is 4.10. The van der Waals surface area contributed by atoms with Crippen molar-refractivity contribution >= 4 is 35.0 Å². The Bertz CT molecular complexity index is 1080. The number of amides is 2. The maximum Gasteiger partial charge on any atom is 0.255 e. The Morgan fingerprint density at radius 1 is 1.07 bits per heavy atom. The van der Waals surface area contributed by atoms with Crippen LogP contribution in [0.4, 0.5) is 11.4 Å². The van der Waals surface area contributed by atoms with Crippen LogP contribution in [0.3, 0.4) is 0 Å². The van der Waals surface area contributed by atoms with Gasteiger partial charge in [0.1, 0.15) is 5.37 Å². The molecule has 3 aromatic carbocycles. The van der Waals surface area contributed by atoms with E-state index in [1.54, 1.807) is 11.8 Å². The third-order valence-corrected chi connectivity index (χ3v) is 6.42. The molecule has 0 aromatic heterocycles. The number of nitrogens with zero attached hydrogens (tertiary/aromatic N) is 1.